The van der Waals surface area contributed by atoms with Crippen molar-refractivity contribution in [3.63, 3.8) is 0 Å². The summed E-state index contributed by atoms with van der Waals surface area (Å²) >= 11 is 3.89. The monoisotopic (exact) mass is 314 g/mol. The molecule has 0 heterocycles. The fourth-order valence-corrected chi connectivity index (χ4v) is 5.50. The number of rotatable bonds is 2. The maximum Gasteiger partial charge on any atom is 0.0656 e. The highest BCUT2D eigenvalue weighted by atomic mass is 79.9. The minimum Gasteiger partial charge on any atom is -0.374 e. The van der Waals surface area contributed by atoms with Gasteiger partial charge in [0.25, 0.3) is 0 Å². The Morgan fingerprint density at radius 2 is 1.72 bits per heavy atom. The second kappa shape index (κ2) is 5.09. The van der Waals surface area contributed by atoms with E-state index in [0.29, 0.717) is 17.6 Å². The zero-order chi connectivity index (χ0) is 12.8. The normalized spacial score (nSPS) is 47.2. The van der Waals surface area contributed by atoms with Gasteiger partial charge in [-0.2, -0.15) is 0 Å². The summed E-state index contributed by atoms with van der Waals surface area (Å²) in [7, 11) is 0. The molecular weight excluding hydrogens is 288 g/mol. The van der Waals surface area contributed by atoms with Gasteiger partial charge < -0.3 is 4.74 Å². The summed E-state index contributed by atoms with van der Waals surface area (Å²) in [5.41, 5.74) is 0.520. The molecule has 0 aromatic carbocycles. The van der Waals surface area contributed by atoms with Gasteiger partial charge in [-0.25, -0.2) is 0 Å². The van der Waals surface area contributed by atoms with E-state index in [1.165, 1.54) is 51.4 Å². The van der Waals surface area contributed by atoms with E-state index in [1.807, 2.05) is 0 Å². The fourth-order valence-electron chi connectivity index (χ4n) is 4.41. The molecule has 5 unspecified atom stereocenters. The van der Waals surface area contributed by atoms with Gasteiger partial charge in [-0.3, -0.25) is 0 Å². The van der Waals surface area contributed by atoms with E-state index in [4.69, 9.17) is 4.74 Å². The first kappa shape index (κ1) is 13.4. The average Bonchev–Trinajstić information content (AvgIpc) is 2.85. The van der Waals surface area contributed by atoms with Gasteiger partial charge in [0.15, 0.2) is 0 Å². The molecule has 0 bridgehead atoms. The Balaban J connectivity index is 1.57. The largest absolute Gasteiger partial charge is 0.374 e. The molecule has 0 N–H and O–H groups in total. The highest BCUT2D eigenvalue weighted by molar-refractivity contribution is 9.09. The van der Waals surface area contributed by atoms with Crippen LogP contribution in [0.4, 0.5) is 0 Å². The molecule has 0 aromatic heterocycles. The zero-order valence-electron chi connectivity index (χ0n) is 11.8. The molecule has 3 aliphatic rings. The van der Waals surface area contributed by atoms with Crippen molar-refractivity contribution < 1.29 is 4.74 Å². The summed E-state index contributed by atoms with van der Waals surface area (Å²) in [5.74, 6) is 1.75. The third kappa shape index (κ3) is 2.18. The number of hydrogen-bond donors (Lipinski definition) is 0. The topological polar surface area (TPSA) is 9.23 Å². The van der Waals surface area contributed by atoms with Crippen LogP contribution in [0, 0.1) is 17.3 Å². The minimum absolute atomic E-state index is 0.520. The van der Waals surface area contributed by atoms with Crippen molar-refractivity contribution in [1.29, 1.82) is 0 Å². The number of ether oxygens (including phenoxy) is 1. The minimum atomic E-state index is 0.520. The third-order valence-corrected chi connectivity index (χ3v) is 7.41. The van der Waals surface area contributed by atoms with E-state index in [9.17, 15) is 0 Å². The number of hydrogen-bond acceptors (Lipinski definition) is 1. The van der Waals surface area contributed by atoms with Gasteiger partial charge in [0.1, 0.15) is 0 Å². The lowest BCUT2D eigenvalue weighted by atomic mass is 9.64. The van der Waals surface area contributed by atoms with Crippen LogP contribution in [0.25, 0.3) is 0 Å². The molecule has 3 aliphatic carbocycles. The lowest BCUT2D eigenvalue weighted by Gasteiger charge is -2.53. The first-order valence-corrected chi connectivity index (χ1v) is 8.83. The van der Waals surface area contributed by atoms with Gasteiger partial charge in [0, 0.05) is 10.2 Å². The number of halogens is 1. The molecule has 3 saturated carbocycles. The molecule has 0 amide bonds. The van der Waals surface area contributed by atoms with Crippen LogP contribution in [0.3, 0.4) is 0 Å². The maximum atomic E-state index is 6.52. The Kier molecular flexibility index (Phi) is 3.79. The Labute approximate surface area is 120 Å². The average molecular weight is 315 g/mol. The Bertz CT molecular complexity index is 297. The summed E-state index contributed by atoms with van der Waals surface area (Å²) in [5, 5.41) is 0. The third-order valence-electron chi connectivity index (χ3n) is 6.13. The summed E-state index contributed by atoms with van der Waals surface area (Å²) in [6.07, 6.45) is 11.9. The van der Waals surface area contributed by atoms with Crippen LogP contribution in [0.2, 0.25) is 0 Å². The second-order valence-electron chi connectivity index (χ2n) is 7.16. The van der Waals surface area contributed by atoms with Crippen LogP contribution in [0.1, 0.15) is 65.2 Å². The number of alkyl halides is 1. The molecule has 0 aromatic rings. The predicted molar refractivity (Wildman–Crippen MR) is 79.1 cm³/mol. The first-order valence-electron chi connectivity index (χ1n) is 7.91. The first-order chi connectivity index (χ1) is 8.62. The van der Waals surface area contributed by atoms with E-state index in [2.05, 4.69) is 29.8 Å². The van der Waals surface area contributed by atoms with Gasteiger partial charge >= 0.3 is 0 Å². The fraction of sp³-hybridized carbons (Fsp3) is 1.00. The van der Waals surface area contributed by atoms with Crippen LogP contribution in [0.5, 0.6) is 0 Å². The van der Waals surface area contributed by atoms with Crippen LogP contribution >= 0.6 is 15.9 Å². The van der Waals surface area contributed by atoms with Gasteiger partial charge in [-0.05, 0) is 50.4 Å². The Morgan fingerprint density at radius 1 is 1.00 bits per heavy atom. The van der Waals surface area contributed by atoms with Crippen molar-refractivity contribution >= 4 is 15.9 Å². The van der Waals surface area contributed by atoms with E-state index in [1.54, 1.807) is 0 Å². The summed E-state index contributed by atoms with van der Waals surface area (Å²) in [6, 6.07) is 0. The van der Waals surface area contributed by atoms with Gasteiger partial charge in [0.2, 0.25) is 0 Å². The maximum absolute atomic E-state index is 6.52. The van der Waals surface area contributed by atoms with Gasteiger partial charge in [0.05, 0.1) is 12.2 Å². The Hall–Kier alpha value is 0.440. The molecule has 1 nitrogen and oxygen atoms in total. The van der Waals surface area contributed by atoms with Crippen LogP contribution < -0.4 is 0 Å². The quantitative estimate of drug-likeness (QED) is 0.657. The predicted octanol–water partition coefficient (Wildman–Crippen LogP) is 4.92. The molecule has 0 saturated heterocycles. The molecule has 5 atom stereocenters. The van der Waals surface area contributed by atoms with Gasteiger partial charge in [-0.1, -0.05) is 42.6 Å². The van der Waals surface area contributed by atoms with E-state index in [-0.39, 0.29) is 0 Å². The zero-order valence-corrected chi connectivity index (χ0v) is 13.4. The van der Waals surface area contributed by atoms with E-state index >= 15 is 0 Å². The smallest absolute Gasteiger partial charge is 0.0656 e. The lowest BCUT2D eigenvalue weighted by molar-refractivity contribution is -0.147. The van der Waals surface area contributed by atoms with E-state index in [0.717, 1.165) is 16.7 Å². The summed E-state index contributed by atoms with van der Waals surface area (Å²) in [6.45, 7) is 4.80. The highest BCUT2D eigenvalue weighted by Gasteiger charge is 2.56. The molecule has 1 spiro atoms. The molecule has 0 radical (unpaired) electrons. The van der Waals surface area contributed by atoms with Crippen LogP contribution in [-0.4, -0.2) is 17.0 Å². The van der Waals surface area contributed by atoms with Crippen LogP contribution in [-0.2, 0) is 4.74 Å². The summed E-state index contributed by atoms with van der Waals surface area (Å²) in [4.78, 5) is 0.734. The molecular formula is C16H27BrO. The lowest BCUT2D eigenvalue weighted by Crippen LogP contribution is -2.55. The second-order valence-corrected chi connectivity index (χ2v) is 8.26. The van der Waals surface area contributed by atoms with Crippen molar-refractivity contribution in [1.82, 2.24) is 0 Å². The van der Waals surface area contributed by atoms with E-state index < -0.39 is 0 Å². The van der Waals surface area contributed by atoms with Crippen molar-refractivity contribution in [2.75, 3.05) is 0 Å². The van der Waals surface area contributed by atoms with Crippen molar-refractivity contribution in [3.05, 3.63) is 0 Å². The van der Waals surface area contributed by atoms with Crippen LogP contribution in [0.15, 0.2) is 0 Å². The molecule has 3 fully saturated rings. The van der Waals surface area contributed by atoms with Gasteiger partial charge in [-0.15, -0.1) is 0 Å². The molecule has 2 heteroatoms. The molecule has 104 valence electrons. The van der Waals surface area contributed by atoms with Crippen molar-refractivity contribution in [2.24, 2.45) is 17.3 Å². The van der Waals surface area contributed by atoms with Crippen molar-refractivity contribution in [3.8, 4) is 0 Å². The highest BCUT2D eigenvalue weighted by Crippen LogP contribution is 2.58. The standard InChI is InChI=1S/C16H27BrO/c1-11-5-6-13(9-12(11)2)18-15-10-14(17)16(15)7-3-4-8-16/h11-15H,3-10H2,1-2H3. The Morgan fingerprint density at radius 3 is 2.33 bits per heavy atom. The van der Waals surface area contributed by atoms with Crippen molar-refractivity contribution in [2.45, 2.75) is 82.2 Å². The SMILES string of the molecule is CC1CCC(OC2CC(Br)C23CCCC3)CC1C. The molecule has 18 heavy (non-hydrogen) atoms. The molecule has 0 aliphatic heterocycles. The molecule has 3 rings (SSSR count). The summed E-state index contributed by atoms with van der Waals surface area (Å²) < 4.78 is 6.52.